The third-order valence-electron chi connectivity index (χ3n) is 6.12. The van der Waals surface area contributed by atoms with Crippen LogP contribution in [0.25, 0.3) is 0 Å². The Morgan fingerprint density at radius 1 is 0.968 bits per heavy atom. The standard InChI is InChI=1S/C24H36N4O3/c1-2-6-22(29)25-16-20-7-5-12-27(17-20)18-23(30)26-15-19-8-10-21(11-9-19)24(31)28-13-3-4-14-28/h8-11,20H,2-7,12-18H2,1H3,(H,25,29)(H,26,30). The number of hydrogen-bond donors (Lipinski definition) is 2. The molecule has 3 rings (SSSR count). The number of nitrogens with one attached hydrogen (secondary N) is 2. The summed E-state index contributed by atoms with van der Waals surface area (Å²) < 4.78 is 0. The minimum atomic E-state index is 0.00730. The van der Waals surface area contributed by atoms with Crippen molar-refractivity contribution >= 4 is 17.7 Å². The fraction of sp³-hybridized carbons (Fsp3) is 0.625. The van der Waals surface area contributed by atoms with Crippen LogP contribution in [0, 0.1) is 5.92 Å². The number of carbonyl (C=O) groups is 3. The topological polar surface area (TPSA) is 81.8 Å². The molecule has 2 aliphatic heterocycles. The zero-order chi connectivity index (χ0) is 22.1. The van der Waals surface area contributed by atoms with Gasteiger partial charge in [0.05, 0.1) is 6.54 Å². The lowest BCUT2D eigenvalue weighted by molar-refractivity contribution is -0.123. The highest BCUT2D eigenvalue weighted by Gasteiger charge is 2.22. The molecule has 2 saturated heterocycles. The molecule has 0 aromatic heterocycles. The second-order valence-corrected chi connectivity index (χ2v) is 8.77. The molecule has 0 saturated carbocycles. The molecular formula is C24H36N4O3. The van der Waals surface area contributed by atoms with E-state index in [9.17, 15) is 14.4 Å². The van der Waals surface area contributed by atoms with Gasteiger partial charge in [-0.25, -0.2) is 0 Å². The van der Waals surface area contributed by atoms with Crippen molar-refractivity contribution in [3.63, 3.8) is 0 Å². The summed E-state index contributed by atoms with van der Waals surface area (Å²) in [4.78, 5) is 40.6. The number of hydrogen-bond acceptors (Lipinski definition) is 4. The van der Waals surface area contributed by atoms with Crippen LogP contribution in [0.5, 0.6) is 0 Å². The Labute approximate surface area is 185 Å². The van der Waals surface area contributed by atoms with Gasteiger partial charge in [0.2, 0.25) is 11.8 Å². The molecule has 3 amide bonds. The number of carbonyl (C=O) groups excluding carboxylic acids is 3. The van der Waals surface area contributed by atoms with Crippen LogP contribution in [0.1, 0.15) is 61.4 Å². The van der Waals surface area contributed by atoms with E-state index < -0.39 is 0 Å². The molecule has 0 spiro atoms. The van der Waals surface area contributed by atoms with Gasteiger partial charge in [-0.2, -0.15) is 0 Å². The van der Waals surface area contributed by atoms with Crippen molar-refractivity contribution in [2.45, 2.75) is 52.0 Å². The molecule has 0 radical (unpaired) electrons. The first kappa shape index (κ1) is 23.3. The lowest BCUT2D eigenvalue weighted by Gasteiger charge is -2.32. The molecule has 1 aromatic rings. The third-order valence-corrected chi connectivity index (χ3v) is 6.12. The van der Waals surface area contributed by atoms with Gasteiger partial charge in [-0.3, -0.25) is 19.3 Å². The smallest absolute Gasteiger partial charge is 0.253 e. The highest BCUT2D eigenvalue weighted by molar-refractivity contribution is 5.94. The Bertz CT molecular complexity index is 744. The molecule has 1 atom stereocenters. The van der Waals surface area contributed by atoms with Crippen LogP contribution in [-0.4, -0.2) is 66.8 Å². The van der Waals surface area contributed by atoms with Crippen LogP contribution < -0.4 is 10.6 Å². The van der Waals surface area contributed by atoms with Crippen molar-refractivity contribution in [1.29, 1.82) is 0 Å². The molecule has 1 aromatic carbocycles. The molecule has 170 valence electrons. The van der Waals surface area contributed by atoms with Crippen molar-refractivity contribution < 1.29 is 14.4 Å². The number of amides is 3. The highest BCUT2D eigenvalue weighted by Crippen LogP contribution is 2.16. The van der Waals surface area contributed by atoms with Gasteiger partial charge in [0, 0.05) is 44.7 Å². The zero-order valence-corrected chi connectivity index (χ0v) is 18.7. The predicted molar refractivity (Wildman–Crippen MR) is 121 cm³/mol. The van der Waals surface area contributed by atoms with Gasteiger partial charge >= 0.3 is 0 Å². The Kier molecular flexibility index (Phi) is 8.88. The lowest BCUT2D eigenvalue weighted by Crippen LogP contribution is -2.45. The van der Waals surface area contributed by atoms with Crippen molar-refractivity contribution in [1.82, 2.24) is 20.4 Å². The van der Waals surface area contributed by atoms with Crippen LogP contribution >= 0.6 is 0 Å². The van der Waals surface area contributed by atoms with Gasteiger partial charge in [0.25, 0.3) is 5.91 Å². The summed E-state index contributed by atoms with van der Waals surface area (Å²) in [5.74, 6) is 0.625. The summed E-state index contributed by atoms with van der Waals surface area (Å²) in [6, 6.07) is 7.54. The van der Waals surface area contributed by atoms with Gasteiger partial charge in [-0.1, -0.05) is 19.1 Å². The fourth-order valence-corrected chi connectivity index (χ4v) is 4.36. The molecule has 31 heavy (non-hydrogen) atoms. The first-order valence-corrected chi connectivity index (χ1v) is 11.7. The minimum Gasteiger partial charge on any atom is -0.356 e. The molecule has 7 nitrogen and oxygen atoms in total. The zero-order valence-electron chi connectivity index (χ0n) is 18.7. The third kappa shape index (κ3) is 7.35. The van der Waals surface area contributed by atoms with E-state index in [1.165, 1.54) is 0 Å². The first-order chi connectivity index (χ1) is 15.0. The van der Waals surface area contributed by atoms with E-state index >= 15 is 0 Å². The Morgan fingerprint density at radius 3 is 2.42 bits per heavy atom. The maximum atomic E-state index is 12.4. The average molecular weight is 429 g/mol. The Balaban J connectivity index is 1.38. The van der Waals surface area contributed by atoms with Crippen LogP contribution in [-0.2, 0) is 16.1 Å². The van der Waals surface area contributed by atoms with E-state index in [1.54, 1.807) is 0 Å². The number of nitrogens with zero attached hydrogens (tertiary/aromatic N) is 2. The van der Waals surface area contributed by atoms with E-state index in [0.717, 1.165) is 63.8 Å². The van der Waals surface area contributed by atoms with E-state index in [2.05, 4.69) is 15.5 Å². The molecule has 2 aliphatic rings. The van der Waals surface area contributed by atoms with Gasteiger partial charge < -0.3 is 15.5 Å². The molecule has 0 aliphatic carbocycles. The summed E-state index contributed by atoms with van der Waals surface area (Å²) >= 11 is 0. The first-order valence-electron chi connectivity index (χ1n) is 11.7. The second kappa shape index (κ2) is 11.8. The second-order valence-electron chi connectivity index (χ2n) is 8.77. The monoisotopic (exact) mass is 428 g/mol. The largest absolute Gasteiger partial charge is 0.356 e. The molecule has 2 fully saturated rings. The lowest BCUT2D eigenvalue weighted by atomic mass is 9.98. The molecule has 2 heterocycles. The fourth-order valence-electron chi connectivity index (χ4n) is 4.36. The number of piperidine rings is 1. The average Bonchev–Trinajstić information content (AvgIpc) is 3.32. The summed E-state index contributed by atoms with van der Waals surface area (Å²) in [5.41, 5.74) is 1.70. The van der Waals surface area contributed by atoms with Crippen LogP contribution in [0.2, 0.25) is 0 Å². The quantitative estimate of drug-likeness (QED) is 0.632. The summed E-state index contributed by atoms with van der Waals surface area (Å²) in [7, 11) is 0. The molecule has 7 heteroatoms. The minimum absolute atomic E-state index is 0.00730. The molecule has 2 N–H and O–H groups in total. The molecule has 1 unspecified atom stereocenters. The normalized spacial score (nSPS) is 19.3. The van der Waals surface area contributed by atoms with Gasteiger partial charge in [-0.15, -0.1) is 0 Å². The van der Waals surface area contributed by atoms with E-state index in [4.69, 9.17) is 0 Å². The van der Waals surface area contributed by atoms with Crippen LogP contribution in [0.3, 0.4) is 0 Å². The Hall–Kier alpha value is -2.41. The van der Waals surface area contributed by atoms with E-state index in [0.29, 0.717) is 37.5 Å². The summed E-state index contributed by atoms with van der Waals surface area (Å²) in [6.07, 6.45) is 5.75. The Morgan fingerprint density at radius 2 is 1.71 bits per heavy atom. The predicted octanol–water partition coefficient (Wildman–Crippen LogP) is 2.17. The highest BCUT2D eigenvalue weighted by atomic mass is 16.2. The van der Waals surface area contributed by atoms with Crippen molar-refractivity contribution in [2.75, 3.05) is 39.3 Å². The van der Waals surface area contributed by atoms with Crippen molar-refractivity contribution in [3.8, 4) is 0 Å². The molecular weight excluding hydrogens is 392 g/mol. The van der Waals surface area contributed by atoms with Gasteiger partial charge in [0.1, 0.15) is 0 Å². The van der Waals surface area contributed by atoms with Crippen LogP contribution in [0.4, 0.5) is 0 Å². The summed E-state index contributed by atoms with van der Waals surface area (Å²) in [6.45, 7) is 6.99. The molecule has 0 bridgehead atoms. The van der Waals surface area contributed by atoms with Gasteiger partial charge in [-0.05, 0) is 62.3 Å². The summed E-state index contributed by atoms with van der Waals surface area (Å²) in [5, 5.41) is 6.00. The van der Waals surface area contributed by atoms with Gasteiger partial charge in [0.15, 0.2) is 0 Å². The van der Waals surface area contributed by atoms with Crippen molar-refractivity contribution in [3.05, 3.63) is 35.4 Å². The maximum absolute atomic E-state index is 12.4. The number of benzene rings is 1. The van der Waals surface area contributed by atoms with E-state index in [1.807, 2.05) is 36.1 Å². The number of rotatable bonds is 9. The van der Waals surface area contributed by atoms with Crippen molar-refractivity contribution in [2.24, 2.45) is 5.92 Å². The SMILES string of the molecule is CCCC(=O)NCC1CCCN(CC(=O)NCc2ccc(C(=O)N3CCCC3)cc2)C1. The number of likely N-dealkylation sites (tertiary alicyclic amines) is 2. The maximum Gasteiger partial charge on any atom is 0.253 e. The van der Waals surface area contributed by atoms with E-state index in [-0.39, 0.29) is 17.7 Å². The van der Waals surface area contributed by atoms with Crippen LogP contribution in [0.15, 0.2) is 24.3 Å².